The lowest BCUT2D eigenvalue weighted by Gasteiger charge is -2.20. The number of fused-ring (bicyclic) bond motifs is 1. The van der Waals surface area contributed by atoms with Gasteiger partial charge in [-0.25, -0.2) is 9.78 Å². The first-order valence-corrected chi connectivity index (χ1v) is 11.5. The third kappa shape index (κ3) is 3.58. The Hall–Kier alpha value is -3.45. The lowest BCUT2D eigenvalue weighted by atomic mass is 10.1. The van der Waals surface area contributed by atoms with E-state index in [0.717, 1.165) is 45.1 Å². The van der Waals surface area contributed by atoms with E-state index in [-0.39, 0.29) is 5.56 Å². The van der Waals surface area contributed by atoms with Gasteiger partial charge in [0.15, 0.2) is 5.43 Å². The van der Waals surface area contributed by atoms with Crippen molar-refractivity contribution in [3.8, 4) is 16.9 Å². The average molecular weight is 446 g/mol. The minimum absolute atomic E-state index is 0.248. The quantitative estimate of drug-likeness (QED) is 0.477. The van der Waals surface area contributed by atoms with Gasteiger partial charge in [0.05, 0.1) is 26.6 Å². The van der Waals surface area contributed by atoms with Crippen LogP contribution in [0.1, 0.15) is 33.8 Å². The Bertz CT molecular complexity index is 1400. The standard InChI is InChI=1S/C25H23N3O3S/c1-15-11-20-24(32-16(2)26-20)13-21(15)28-14-19(25(30)31)23(29)12-22(28)17-5-7-18(8-6-17)27-9-3-4-10-27/h5-8,11-14H,3-4,9-10H2,1-2H3,(H,30,31). The highest BCUT2D eigenvalue weighted by molar-refractivity contribution is 7.18. The van der Waals surface area contributed by atoms with E-state index >= 15 is 0 Å². The molecule has 2 aromatic heterocycles. The molecule has 1 saturated heterocycles. The van der Waals surface area contributed by atoms with Crippen LogP contribution in [0.3, 0.4) is 0 Å². The van der Waals surface area contributed by atoms with Crippen molar-refractivity contribution in [2.75, 3.05) is 18.0 Å². The van der Waals surface area contributed by atoms with Gasteiger partial charge in [0.1, 0.15) is 5.56 Å². The number of rotatable bonds is 4. The zero-order valence-corrected chi connectivity index (χ0v) is 18.8. The molecule has 3 heterocycles. The van der Waals surface area contributed by atoms with Crippen LogP contribution < -0.4 is 10.3 Å². The molecule has 32 heavy (non-hydrogen) atoms. The number of nitrogens with zero attached hydrogens (tertiary/aromatic N) is 3. The molecule has 0 aliphatic carbocycles. The van der Waals surface area contributed by atoms with Crippen LogP contribution in [0, 0.1) is 13.8 Å². The molecule has 0 amide bonds. The second-order valence-corrected chi connectivity index (χ2v) is 9.43. The van der Waals surface area contributed by atoms with Gasteiger partial charge in [-0.3, -0.25) is 4.79 Å². The summed E-state index contributed by atoms with van der Waals surface area (Å²) in [5.74, 6) is -1.23. The summed E-state index contributed by atoms with van der Waals surface area (Å²) < 4.78 is 2.84. The minimum Gasteiger partial charge on any atom is -0.477 e. The number of hydrogen-bond acceptors (Lipinski definition) is 5. The van der Waals surface area contributed by atoms with Crippen LogP contribution in [0.25, 0.3) is 27.2 Å². The molecule has 1 fully saturated rings. The fourth-order valence-corrected chi connectivity index (χ4v) is 5.22. The first-order chi connectivity index (χ1) is 15.4. The fourth-order valence-electron chi connectivity index (χ4n) is 4.38. The number of carboxylic acid groups (broad SMARTS) is 1. The fraction of sp³-hybridized carbons (Fsp3) is 0.240. The van der Waals surface area contributed by atoms with Crippen LogP contribution in [-0.2, 0) is 0 Å². The smallest absolute Gasteiger partial charge is 0.341 e. The van der Waals surface area contributed by atoms with E-state index in [1.54, 1.807) is 11.3 Å². The normalized spacial score (nSPS) is 13.8. The minimum atomic E-state index is -1.23. The van der Waals surface area contributed by atoms with E-state index in [1.807, 2.05) is 42.7 Å². The highest BCUT2D eigenvalue weighted by Gasteiger charge is 2.18. The lowest BCUT2D eigenvalue weighted by molar-refractivity contribution is 0.0695. The van der Waals surface area contributed by atoms with Gasteiger partial charge in [-0.2, -0.15) is 0 Å². The number of benzene rings is 2. The maximum atomic E-state index is 12.6. The Morgan fingerprint density at radius 3 is 2.47 bits per heavy atom. The highest BCUT2D eigenvalue weighted by atomic mass is 32.1. The Morgan fingerprint density at radius 1 is 1.06 bits per heavy atom. The zero-order valence-electron chi connectivity index (χ0n) is 18.0. The van der Waals surface area contributed by atoms with Crippen molar-refractivity contribution < 1.29 is 9.90 Å². The van der Waals surface area contributed by atoms with E-state index in [2.05, 4.69) is 22.0 Å². The van der Waals surface area contributed by atoms with E-state index in [4.69, 9.17) is 0 Å². The van der Waals surface area contributed by atoms with Gasteiger partial charge in [0.25, 0.3) is 0 Å². The number of carbonyl (C=O) groups is 1. The molecule has 4 aromatic rings. The molecule has 0 bridgehead atoms. The highest BCUT2D eigenvalue weighted by Crippen LogP contribution is 2.31. The number of carboxylic acids is 1. The van der Waals surface area contributed by atoms with E-state index in [9.17, 15) is 14.7 Å². The van der Waals surface area contributed by atoms with Gasteiger partial charge in [0, 0.05) is 31.0 Å². The average Bonchev–Trinajstić information content (AvgIpc) is 3.42. The van der Waals surface area contributed by atoms with Crippen molar-refractivity contribution in [3.05, 3.63) is 75.0 Å². The molecule has 1 N–H and O–H groups in total. The Morgan fingerprint density at radius 2 is 1.78 bits per heavy atom. The van der Waals surface area contributed by atoms with Crippen LogP contribution >= 0.6 is 11.3 Å². The number of anilines is 1. The first kappa shape index (κ1) is 20.5. The summed E-state index contributed by atoms with van der Waals surface area (Å²) in [7, 11) is 0. The summed E-state index contributed by atoms with van der Waals surface area (Å²) in [6.45, 7) is 6.06. The molecule has 7 heteroatoms. The van der Waals surface area contributed by atoms with Gasteiger partial charge >= 0.3 is 5.97 Å². The van der Waals surface area contributed by atoms with Crippen LogP contribution in [-0.4, -0.2) is 33.7 Å². The van der Waals surface area contributed by atoms with Crippen molar-refractivity contribution >= 4 is 33.2 Å². The number of hydrogen-bond donors (Lipinski definition) is 1. The van der Waals surface area contributed by atoms with Crippen LogP contribution in [0.15, 0.2) is 53.5 Å². The second kappa shape index (κ2) is 7.91. The molecule has 0 atom stereocenters. The summed E-state index contributed by atoms with van der Waals surface area (Å²) >= 11 is 1.59. The first-order valence-electron chi connectivity index (χ1n) is 10.6. The van der Waals surface area contributed by atoms with Gasteiger partial charge in [-0.05, 0) is 62.1 Å². The molecule has 1 aliphatic rings. The predicted molar refractivity (Wildman–Crippen MR) is 129 cm³/mol. The predicted octanol–water partition coefficient (Wildman–Crippen LogP) is 5.03. The number of aryl methyl sites for hydroxylation is 2. The van der Waals surface area contributed by atoms with Crippen LogP contribution in [0.4, 0.5) is 5.69 Å². The van der Waals surface area contributed by atoms with Crippen molar-refractivity contribution in [2.45, 2.75) is 26.7 Å². The van der Waals surface area contributed by atoms with Gasteiger partial charge in [-0.1, -0.05) is 12.1 Å². The van der Waals surface area contributed by atoms with Crippen molar-refractivity contribution in [1.29, 1.82) is 0 Å². The van der Waals surface area contributed by atoms with Crippen LogP contribution in [0.5, 0.6) is 0 Å². The van der Waals surface area contributed by atoms with E-state index < -0.39 is 11.4 Å². The molecule has 0 spiro atoms. The number of pyridine rings is 1. The summed E-state index contributed by atoms with van der Waals surface area (Å²) in [5.41, 5.74) is 4.66. The Kier molecular flexibility index (Phi) is 5.06. The van der Waals surface area contributed by atoms with E-state index in [1.165, 1.54) is 30.8 Å². The zero-order chi connectivity index (χ0) is 22.4. The Balaban J connectivity index is 1.69. The summed E-state index contributed by atoms with van der Waals surface area (Å²) in [4.78, 5) is 31.2. The lowest BCUT2D eigenvalue weighted by Crippen LogP contribution is -2.19. The summed E-state index contributed by atoms with van der Waals surface area (Å²) in [6.07, 6.45) is 3.85. The van der Waals surface area contributed by atoms with Gasteiger partial charge in [-0.15, -0.1) is 11.3 Å². The van der Waals surface area contributed by atoms with Gasteiger partial charge < -0.3 is 14.6 Å². The molecule has 2 aromatic carbocycles. The number of aromatic nitrogens is 2. The maximum absolute atomic E-state index is 12.6. The molecule has 0 saturated carbocycles. The second-order valence-electron chi connectivity index (χ2n) is 8.19. The van der Waals surface area contributed by atoms with E-state index in [0.29, 0.717) is 5.69 Å². The SMILES string of the molecule is Cc1nc2cc(C)c(-n3cc(C(=O)O)c(=O)cc3-c3ccc(N4CCCC4)cc3)cc2s1. The van der Waals surface area contributed by atoms with Crippen molar-refractivity contribution in [1.82, 2.24) is 9.55 Å². The number of aromatic carboxylic acids is 1. The topological polar surface area (TPSA) is 75.4 Å². The van der Waals surface area contributed by atoms with Crippen molar-refractivity contribution in [3.63, 3.8) is 0 Å². The third-order valence-electron chi connectivity index (χ3n) is 5.99. The molecule has 6 nitrogen and oxygen atoms in total. The Labute approximate surface area is 189 Å². The monoisotopic (exact) mass is 445 g/mol. The molecule has 1 aliphatic heterocycles. The third-order valence-corrected chi connectivity index (χ3v) is 6.92. The molecule has 0 unspecified atom stereocenters. The summed E-state index contributed by atoms with van der Waals surface area (Å²) in [6, 6.07) is 13.6. The number of thiazole rings is 1. The largest absolute Gasteiger partial charge is 0.477 e. The van der Waals surface area contributed by atoms with Crippen molar-refractivity contribution in [2.24, 2.45) is 0 Å². The van der Waals surface area contributed by atoms with Gasteiger partial charge in [0.2, 0.25) is 0 Å². The molecule has 5 rings (SSSR count). The maximum Gasteiger partial charge on any atom is 0.341 e. The summed E-state index contributed by atoms with van der Waals surface area (Å²) in [5, 5.41) is 10.5. The molecule has 162 valence electrons. The molecule has 0 radical (unpaired) electrons. The molecular weight excluding hydrogens is 422 g/mol. The molecular formula is C25H23N3O3S. The van der Waals surface area contributed by atoms with Crippen LogP contribution in [0.2, 0.25) is 0 Å².